The monoisotopic (exact) mass is 308 g/mol. The average molecular weight is 308 g/mol. The maximum atomic E-state index is 12.5. The second kappa shape index (κ2) is 6.46. The molecular formula is C15H15F3N4. The molecule has 0 radical (unpaired) electrons. The third kappa shape index (κ3) is 4.21. The SMILES string of the molecule is C=CCNc1cc(C)nc(Nc2ccc(C(F)(F)F)cc2)n1. The Bertz CT molecular complexity index is 651. The van der Waals surface area contributed by atoms with Gasteiger partial charge in [0.25, 0.3) is 0 Å². The predicted octanol–water partition coefficient (Wildman–Crippen LogP) is 4.15. The molecule has 0 unspecified atom stereocenters. The van der Waals surface area contributed by atoms with Gasteiger partial charge >= 0.3 is 6.18 Å². The largest absolute Gasteiger partial charge is 0.416 e. The van der Waals surface area contributed by atoms with Crippen molar-refractivity contribution in [2.75, 3.05) is 17.2 Å². The molecule has 0 fully saturated rings. The quantitative estimate of drug-likeness (QED) is 0.815. The third-order valence-electron chi connectivity index (χ3n) is 2.75. The van der Waals surface area contributed by atoms with Crippen LogP contribution in [-0.4, -0.2) is 16.5 Å². The van der Waals surface area contributed by atoms with Gasteiger partial charge in [-0.15, -0.1) is 6.58 Å². The number of benzene rings is 1. The maximum Gasteiger partial charge on any atom is 0.416 e. The molecule has 116 valence electrons. The second-order valence-corrected chi connectivity index (χ2v) is 4.59. The van der Waals surface area contributed by atoms with Crippen LogP contribution in [0.25, 0.3) is 0 Å². The Kier molecular flexibility index (Phi) is 4.65. The molecule has 2 rings (SSSR count). The summed E-state index contributed by atoms with van der Waals surface area (Å²) < 4.78 is 37.5. The van der Waals surface area contributed by atoms with E-state index in [1.807, 2.05) is 0 Å². The first-order valence-electron chi connectivity index (χ1n) is 6.53. The fourth-order valence-electron chi connectivity index (χ4n) is 1.76. The number of anilines is 3. The Morgan fingerprint density at radius 3 is 2.45 bits per heavy atom. The van der Waals surface area contributed by atoms with Crippen molar-refractivity contribution < 1.29 is 13.2 Å². The van der Waals surface area contributed by atoms with Gasteiger partial charge in [-0.2, -0.15) is 18.2 Å². The van der Waals surface area contributed by atoms with Crippen LogP contribution in [0.5, 0.6) is 0 Å². The molecule has 2 aromatic rings. The molecule has 0 aliphatic rings. The molecule has 0 atom stereocenters. The van der Waals surface area contributed by atoms with Gasteiger partial charge in [-0.1, -0.05) is 6.08 Å². The summed E-state index contributed by atoms with van der Waals surface area (Å²) in [6.07, 6.45) is -2.65. The molecule has 0 saturated carbocycles. The van der Waals surface area contributed by atoms with Gasteiger partial charge in [0, 0.05) is 24.0 Å². The Hall–Kier alpha value is -2.57. The molecule has 0 amide bonds. The van der Waals surface area contributed by atoms with Crippen molar-refractivity contribution in [2.24, 2.45) is 0 Å². The highest BCUT2D eigenvalue weighted by Crippen LogP contribution is 2.30. The van der Waals surface area contributed by atoms with Crippen LogP contribution in [0.2, 0.25) is 0 Å². The van der Waals surface area contributed by atoms with Gasteiger partial charge in [0.2, 0.25) is 5.95 Å². The molecule has 0 aliphatic carbocycles. The molecular weight excluding hydrogens is 293 g/mol. The minimum absolute atomic E-state index is 0.311. The summed E-state index contributed by atoms with van der Waals surface area (Å²) in [6.45, 7) is 5.96. The summed E-state index contributed by atoms with van der Waals surface area (Å²) in [4.78, 5) is 8.43. The van der Waals surface area contributed by atoms with Gasteiger partial charge < -0.3 is 10.6 Å². The van der Waals surface area contributed by atoms with Crippen molar-refractivity contribution in [2.45, 2.75) is 13.1 Å². The Morgan fingerprint density at radius 1 is 1.18 bits per heavy atom. The normalized spacial score (nSPS) is 11.1. The van der Waals surface area contributed by atoms with Crippen molar-refractivity contribution in [3.8, 4) is 0 Å². The summed E-state index contributed by atoms with van der Waals surface area (Å²) in [5, 5.41) is 5.92. The molecule has 2 N–H and O–H groups in total. The van der Waals surface area contributed by atoms with E-state index in [4.69, 9.17) is 0 Å². The summed E-state index contributed by atoms with van der Waals surface area (Å²) in [7, 11) is 0. The number of halogens is 3. The van der Waals surface area contributed by atoms with Crippen molar-refractivity contribution >= 4 is 17.5 Å². The van der Waals surface area contributed by atoms with Crippen LogP contribution in [0.1, 0.15) is 11.3 Å². The smallest absolute Gasteiger partial charge is 0.366 e. The van der Waals surface area contributed by atoms with Crippen molar-refractivity contribution in [1.29, 1.82) is 0 Å². The van der Waals surface area contributed by atoms with Crippen LogP contribution >= 0.6 is 0 Å². The standard InChI is InChI=1S/C15H15F3N4/c1-3-8-19-13-9-10(2)20-14(22-13)21-12-6-4-11(5-7-12)15(16,17)18/h3-7,9H,1,8H2,2H3,(H2,19,20,21,22). The number of hydrogen-bond acceptors (Lipinski definition) is 4. The lowest BCUT2D eigenvalue weighted by Crippen LogP contribution is -2.06. The van der Waals surface area contributed by atoms with Crippen LogP contribution in [0.3, 0.4) is 0 Å². The summed E-state index contributed by atoms with van der Waals surface area (Å²) in [6, 6.07) is 6.46. The molecule has 4 nitrogen and oxygen atoms in total. The van der Waals surface area contributed by atoms with Crippen LogP contribution in [-0.2, 0) is 6.18 Å². The van der Waals surface area contributed by atoms with Crippen molar-refractivity contribution in [1.82, 2.24) is 9.97 Å². The molecule has 1 heterocycles. The van der Waals surface area contributed by atoms with E-state index < -0.39 is 11.7 Å². The molecule has 0 spiro atoms. The van der Waals surface area contributed by atoms with Gasteiger partial charge in [0.15, 0.2) is 0 Å². The Morgan fingerprint density at radius 2 is 1.86 bits per heavy atom. The lowest BCUT2D eigenvalue weighted by Gasteiger charge is -2.10. The van der Waals surface area contributed by atoms with E-state index in [0.29, 0.717) is 24.0 Å². The van der Waals surface area contributed by atoms with Gasteiger partial charge in [0.05, 0.1) is 5.56 Å². The number of hydrogen-bond donors (Lipinski definition) is 2. The molecule has 7 heteroatoms. The zero-order valence-corrected chi connectivity index (χ0v) is 11.9. The Balaban J connectivity index is 2.16. The van der Waals surface area contributed by atoms with Gasteiger partial charge in [-0.05, 0) is 31.2 Å². The zero-order valence-electron chi connectivity index (χ0n) is 11.9. The second-order valence-electron chi connectivity index (χ2n) is 4.59. The van der Waals surface area contributed by atoms with Gasteiger partial charge in [-0.25, -0.2) is 4.98 Å². The van der Waals surface area contributed by atoms with Crippen LogP contribution in [0, 0.1) is 6.92 Å². The lowest BCUT2D eigenvalue weighted by molar-refractivity contribution is -0.137. The average Bonchev–Trinajstić information content (AvgIpc) is 2.44. The number of nitrogens with zero attached hydrogens (tertiary/aromatic N) is 2. The maximum absolute atomic E-state index is 12.5. The molecule has 0 saturated heterocycles. The molecule has 0 bridgehead atoms. The summed E-state index contributed by atoms with van der Waals surface area (Å²) >= 11 is 0. The van der Waals surface area contributed by atoms with E-state index in [1.165, 1.54) is 12.1 Å². The predicted molar refractivity (Wildman–Crippen MR) is 80.2 cm³/mol. The third-order valence-corrected chi connectivity index (χ3v) is 2.75. The van der Waals surface area contributed by atoms with E-state index in [2.05, 4.69) is 27.2 Å². The number of alkyl halides is 3. The first kappa shape index (κ1) is 15.8. The minimum atomic E-state index is -4.35. The number of aromatic nitrogens is 2. The van der Waals surface area contributed by atoms with E-state index in [0.717, 1.165) is 17.8 Å². The Labute approximate surface area is 126 Å². The van der Waals surface area contributed by atoms with E-state index >= 15 is 0 Å². The first-order valence-corrected chi connectivity index (χ1v) is 6.53. The number of aryl methyl sites for hydroxylation is 1. The highest BCUT2D eigenvalue weighted by molar-refractivity contribution is 5.56. The molecule has 1 aromatic heterocycles. The van der Waals surface area contributed by atoms with Crippen molar-refractivity contribution in [3.05, 3.63) is 54.2 Å². The fraction of sp³-hybridized carbons (Fsp3) is 0.200. The van der Waals surface area contributed by atoms with E-state index in [9.17, 15) is 13.2 Å². The van der Waals surface area contributed by atoms with Crippen molar-refractivity contribution in [3.63, 3.8) is 0 Å². The van der Waals surface area contributed by atoms with Gasteiger partial charge in [0.1, 0.15) is 5.82 Å². The summed E-state index contributed by atoms with van der Waals surface area (Å²) in [5.41, 5.74) is 0.515. The van der Waals surface area contributed by atoms with Gasteiger partial charge in [-0.3, -0.25) is 0 Å². The van der Waals surface area contributed by atoms with E-state index in [1.54, 1.807) is 19.1 Å². The number of nitrogens with one attached hydrogen (secondary N) is 2. The highest BCUT2D eigenvalue weighted by Gasteiger charge is 2.29. The topological polar surface area (TPSA) is 49.8 Å². The summed E-state index contributed by atoms with van der Waals surface area (Å²) in [5.74, 6) is 0.924. The highest BCUT2D eigenvalue weighted by atomic mass is 19.4. The zero-order chi connectivity index (χ0) is 16.2. The molecule has 1 aromatic carbocycles. The van der Waals surface area contributed by atoms with Crippen LogP contribution in [0.4, 0.5) is 30.6 Å². The molecule has 22 heavy (non-hydrogen) atoms. The lowest BCUT2D eigenvalue weighted by atomic mass is 10.2. The number of rotatable bonds is 5. The van der Waals surface area contributed by atoms with Crippen LogP contribution < -0.4 is 10.6 Å². The molecule has 0 aliphatic heterocycles. The van der Waals surface area contributed by atoms with Crippen LogP contribution in [0.15, 0.2) is 43.0 Å². The first-order chi connectivity index (χ1) is 10.4. The van der Waals surface area contributed by atoms with E-state index in [-0.39, 0.29) is 0 Å². The fourth-order valence-corrected chi connectivity index (χ4v) is 1.76. The minimum Gasteiger partial charge on any atom is -0.366 e.